The van der Waals surface area contributed by atoms with Crippen molar-refractivity contribution in [3.8, 4) is 17.0 Å². The molecule has 0 aliphatic carbocycles. The number of ether oxygens (including phenoxy) is 1. The number of halogens is 3. The summed E-state index contributed by atoms with van der Waals surface area (Å²) in [5.74, 6) is 0.633. The Balaban J connectivity index is 2.07. The van der Waals surface area contributed by atoms with Gasteiger partial charge in [0.1, 0.15) is 17.1 Å². The van der Waals surface area contributed by atoms with E-state index in [0.29, 0.717) is 12.0 Å². The van der Waals surface area contributed by atoms with Crippen molar-refractivity contribution in [3.05, 3.63) is 59.5 Å². The Labute approximate surface area is 146 Å². The van der Waals surface area contributed by atoms with Gasteiger partial charge in [-0.25, -0.2) is 4.68 Å². The quantitative estimate of drug-likeness (QED) is 0.652. The zero-order valence-corrected chi connectivity index (χ0v) is 13.6. The van der Waals surface area contributed by atoms with Crippen molar-refractivity contribution in [3.63, 3.8) is 0 Å². The van der Waals surface area contributed by atoms with E-state index >= 15 is 0 Å². The number of hydrogen-bond donors (Lipinski definition) is 0. The van der Waals surface area contributed by atoms with Crippen molar-refractivity contribution in [2.75, 3.05) is 7.11 Å². The van der Waals surface area contributed by atoms with Crippen LogP contribution in [0.1, 0.15) is 21.7 Å². The van der Waals surface area contributed by atoms with Gasteiger partial charge in [0, 0.05) is 11.8 Å². The van der Waals surface area contributed by atoms with E-state index in [1.165, 1.54) is 25.4 Å². The molecule has 0 atom stereocenters. The lowest BCUT2D eigenvalue weighted by molar-refractivity contribution is -0.140. The van der Waals surface area contributed by atoms with E-state index < -0.39 is 11.9 Å². The lowest BCUT2D eigenvalue weighted by Gasteiger charge is -2.11. The van der Waals surface area contributed by atoms with E-state index in [9.17, 15) is 18.0 Å². The molecule has 0 fully saturated rings. The van der Waals surface area contributed by atoms with Crippen molar-refractivity contribution in [2.24, 2.45) is 0 Å². The third-order valence-electron chi connectivity index (χ3n) is 3.67. The van der Waals surface area contributed by atoms with Gasteiger partial charge in [-0.1, -0.05) is 17.3 Å². The summed E-state index contributed by atoms with van der Waals surface area (Å²) >= 11 is 0. The van der Waals surface area contributed by atoms with Crippen LogP contribution in [0.2, 0.25) is 0 Å². The van der Waals surface area contributed by atoms with Gasteiger partial charge in [0.25, 0.3) is 0 Å². The highest BCUT2D eigenvalue weighted by atomic mass is 19.4. The maximum atomic E-state index is 13.3. The third-order valence-corrected chi connectivity index (χ3v) is 3.67. The Morgan fingerprint density at radius 1 is 1.19 bits per heavy atom. The van der Waals surface area contributed by atoms with Crippen LogP contribution >= 0.6 is 0 Å². The number of pyridine rings is 1. The number of rotatable bonds is 5. The number of nitrogens with zero attached hydrogens (tertiary/aromatic N) is 4. The molecule has 2 aromatic heterocycles. The van der Waals surface area contributed by atoms with E-state index in [0.717, 1.165) is 10.2 Å². The fourth-order valence-corrected chi connectivity index (χ4v) is 2.46. The van der Waals surface area contributed by atoms with Gasteiger partial charge in [-0.15, -0.1) is 5.10 Å². The molecule has 134 valence electrons. The van der Waals surface area contributed by atoms with Crippen LogP contribution in [0, 0.1) is 0 Å². The molecular weight excluding hydrogens is 349 g/mol. The maximum Gasteiger partial charge on any atom is 0.437 e. The number of aldehydes is 1. The van der Waals surface area contributed by atoms with Crippen molar-refractivity contribution < 1.29 is 22.7 Å². The molecule has 6 nitrogen and oxygen atoms in total. The van der Waals surface area contributed by atoms with Gasteiger partial charge in [0.2, 0.25) is 0 Å². The van der Waals surface area contributed by atoms with Crippen LogP contribution in [-0.4, -0.2) is 33.4 Å². The van der Waals surface area contributed by atoms with Crippen LogP contribution in [0.5, 0.6) is 5.75 Å². The first-order chi connectivity index (χ1) is 12.4. The summed E-state index contributed by atoms with van der Waals surface area (Å²) in [5.41, 5.74) is -0.441. The van der Waals surface area contributed by atoms with Gasteiger partial charge in [-0.2, -0.15) is 13.2 Å². The van der Waals surface area contributed by atoms with E-state index in [-0.39, 0.29) is 23.5 Å². The second-order valence-corrected chi connectivity index (χ2v) is 5.38. The molecule has 0 radical (unpaired) electrons. The smallest absolute Gasteiger partial charge is 0.437 e. The Kier molecular flexibility index (Phi) is 4.70. The number of aromatic nitrogens is 4. The van der Waals surface area contributed by atoms with Crippen LogP contribution in [0.25, 0.3) is 11.3 Å². The van der Waals surface area contributed by atoms with E-state index in [2.05, 4.69) is 15.3 Å². The molecule has 26 heavy (non-hydrogen) atoms. The van der Waals surface area contributed by atoms with E-state index in [4.69, 9.17) is 4.74 Å². The fourth-order valence-electron chi connectivity index (χ4n) is 2.46. The largest absolute Gasteiger partial charge is 0.497 e. The molecule has 3 aromatic rings. The lowest BCUT2D eigenvalue weighted by Crippen LogP contribution is -2.10. The number of benzene rings is 1. The van der Waals surface area contributed by atoms with Gasteiger partial charge in [-0.3, -0.25) is 9.78 Å². The summed E-state index contributed by atoms with van der Waals surface area (Å²) in [7, 11) is 1.52. The van der Waals surface area contributed by atoms with Crippen LogP contribution in [0.3, 0.4) is 0 Å². The Bertz CT molecular complexity index is 921. The average Bonchev–Trinajstić information content (AvgIpc) is 3.06. The second-order valence-electron chi connectivity index (χ2n) is 5.38. The fraction of sp³-hybridized carbons (Fsp3) is 0.176. The highest BCUT2D eigenvalue weighted by Gasteiger charge is 2.39. The number of methoxy groups -OCH3 is 1. The second kappa shape index (κ2) is 6.95. The molecule has 9 heteroatoms. The highest BCUT2D eigenvalue weighted by Crippen LogP contribution is 2.35. The summed E-state index contributed by atoms with van der Waals surface area (Å²) in [6.07, 6.45) is -2.95. The predicted octanol–water partition coefficient (Wildman–Crippen LogP) is 3.23. The minimum atomic E-state index is -4.68. The van der Waals surface area contributed by atoms with Crippen molar-refractivity contribution in [1.29, 1.82) is 0 Å². The minimum Gasteiger partial charge on any atom is -0.497 e. The van der Waals surface area contributed by atoms with Crippen LogP contribution in [0.15, 0.2) is 42.6 Å². The molecule has 0 aliphatic heterocycles. The van der Waals surface area contributed by atoms with Gasteiger partial charge in [0.15, 0.2) is 12.0 Å². The maximum absolute atomic E-state index is 13.3. The van der Waals surface area contributed by atoms with Gasteiger partial charge >= 0.3 is 6.18 Å². The molecule has 0 unspecified atom stereocenters. The topological polar surface area (TPSA) is 69.9 Å². The highest BCUT2D eigenvalue weighted by molar-refractivity contribution is 5.76. The number of carbonyl (C=O) groups is 1. The Hall–Kier alpha value is -3.23. The normalized spacial score (nSPS) is 11.4. The molecule has 0 aliphatic rings. The van der Waals surface area contributed by atoms with Crippen LogP contribution in [-0.2, 0) is 12.7 Å². The number of hydrogen-bond acceptors (Lipinski definition) is 5. The monoisotopic (exact) mass is 362 g/mol. The molecule has 1 aromatic carbocycles. The Morgan fingerprint density at radius 2 is 1.92 bits per heavy atom. The molecule has 0 saturated heterocycles. The molecular formula is C17H13F3N4O2. The van der Waals surface area contributed by atoms with E-state index in [1.807, 2.05) is 0 Å². The lowest BCUT2D eigenvalue weighted by atomic mass is 10.1. The first-order valence-corrected chi connectivity index (χ1v) is 7.47. The molecule has 0 spiro atoms. The molecule has 3 rings (SSSR count). The minimum absolute atomic E-state index is 0.0211. The molecule has 2 heterocycles. The van der Waals surface area contributed by atoms with Crippen LogP contribution in [0.4, 0.5) is 13.2 Å². The average molecular weight is 362 g/mol. The van der Waals surface area contributed by atoms with Gasteiger partial charge in [0.05, 0.1) is 13.7 Å². The summed E-state index contributed by atoms with van der Waals surface area (Å²) in [6.45, 7) is 0.0706. The van der Waals surface area contributed by atoms with Gasteiger partial charge in [-0.05, 0) is 29.8 Å². The summed E-state index contributed by atoms with van der Waals surface area (Å²) in [5, 5.41) is 6.96. The van der Waals surface area contributed by atoms with Crippen LogP contribution < -0.4 is 4.74 Å². The van der Waals surface area contributed by atoms with Gasteiger partial charge < -0.3 is 4.74 Å². The number of alkyl halides is 3. The van der Waals surface area contributed by atoms with Crippen molar-refractivity contribution >= 4 is 6.29 Å². The summed E-state index contributed by atoms with van der Waals surface area (Å²) in [6, 6.07) is 9.50. The molecule has 0 bridgehead atoms. The molecule has 0 saturated carbocycles. The first-order valence-electron chi connectivity index (χ1n) is 7.47. The zero-order valence-electron chi connectivity index (χ0n) is 13.6. The summed E-state index contributed by atoms with van der Waals surface area (Å²) < 4.78 is 46.3. The predicted molar refractivity (Wildman–Crippen MR) is 85.7 cm³/mol. The van der Waals surface area contributed by atoms with Crippen molar-refractivity contribution in [2.45, 2.75) is 12.7 Å². The standard InChI is InChI=1S/C17H13F3N4O2/c1-26-14-4-2-11(3-5-14)9-24-15(16(22-23-24)17(18,19)20)12-6-7-21-13(8-12)10-25/h2-8,10H,9H2,1H3. The van der Waals surface area contributed by atoms with E-state index in [1.54, 1.807) is 24.3 Å². The Morgan fingerprint density at radius 3 is 2.54 bits per heavy atom. The zero-order chi connectivity index (χ0) is 18.7. The molecule has 0 N–H and O–H groups in total. The molecule has 0 amide bonds. The first kappa shape index (κ1) is 17.6. The SMILES string of the molecule is COc1ccc(Cn2nnc(C(F)(F)F)c2-c2ccnc(C=O)c2)cc1. The third kappa shape index (κ3) is 3.56. The number of carbonyl (C=O) groups excluding carboxylic acids is 1. The summed E-state index contributed by atoms with van der Waals surface area (Å²) in [4.78, 5) is 14.7. The van der Waals surface area contributed by atoms with Crippen molar-refractivity contribution in [1.82, 2.24) is 20.0 Å².